The summed E-state index contributed by atoms with van der Waals surface area (Å²) in [6, 6.07) is 9.85. The quantitative estimate of drug-likeness (QED) is 0.410. The van der Waals surface area contributed by atoms with E-state index >= 15 is 0 Å². The van der Waals surface area contributed by atoms with E-state index in [0.717, 1.165) is 27.7 Å². The van der Waals surface area contributed by atoms with E-state index in [0.29, 0.717) is 5.92 Å². The third-order valence-corrected chi connectivity index (χ3v) is 7.46. The molecule has 0 saturated carbocycles. The van der Waals surface area contributed by atoms with Gasteiger partial charge in [-0.1, -0.05) is 0 Å². The third kappa shape index (κ3) is 2.44. The van der Waals surface area contributed by atoms with E-state index in [1.807, 2.05) is 43.7 Å². The molecule has 0 amide bonds. The van der Waals surface area contributed by atoms with Crippen molar-refractivity contribution < 1.29 is 9.35 Å². The van der Waals surface area contributed by atoms with Crippen molar-refractivity contribution in [1.82, 2.24) is 14.1 Å². The van der Waals surface area contributed by atoms with E-state index in [4.69, 9.17) is 9.35 Å². The van der Waals surface area contributed by atoms with Crippen LogP contribution in [0.25, 0.3) is 16.7 Å². The van der Waals surface area contributed by atoms with Gasteiger partial charge in [0.1, 0.15) is 0 Å². The summed E-state index contributed by atoms with van der Waals surface area (Å²) < 4.78 is 14.1. The average Bonchev–Trinajstić information content (AvgIpc) is 3.19. The number of pyridine rings is 1. The summed E-state index contributed by atoms with van der Waals surface area (Å²) in [6.07, 6.45) is 1.76. The standard InChI is InChI=1S/C18H22N3O3P/c1-12(2)15-8-6-13(11-19-15)21-17-10-14(25(4,5)23-24-25)7-9-16(17)20(3)18(21)22/h6-12H,1-5H3. The Labute approximate surface area is 146 Å². The molecule has 0 radical (unpaired) electrons. The first kappa shape index (κ1) is 16.5. The SMILES string of the molecule is CC(C)c1ccc(-n2c(=O)n(C)c3ccc(P4(C)(C)OO4)cc32)cn1. The van der Waals surface area contributed by atoms with Gasteiger partial charge >= 0.3 is 145 Å². The zero-order valence-electron chi connectivity index (χ0n) is 15.1. The predicted octanol–water partition coefficient (Wildman–Crippen LogP) is 3.08. The Morgan fingerprint density at radius 1 is 1.08 bits per heavy atom. The minimum absolute atomic E-state index is 0.0974. The Kier molecular flexibility index (Phi) is 3.30. The summed E-state index contributed by atoms with van der Waals surface area (Å²) in [5.74, 6) is 0.347. The van der Waals surface area contributed by atoms with E-state index in [-0.39, 0.29) is 5.69 Å². The molecule has 1 aliphatic rings. The molecular weight excluding hydrogens is 337 g/mol. The zero-order chi connectivity index (χ0) is 18.0. The second-order valence-electron chi connectivity index (χ2n) is 7.48. The van der Waals surface area contributed by atoms with Crippen LogP contribution in [0.3, 0.4) is 0 Å². The summed E-state index contributed by atoms with van der Waals surface area (Å²) in [6.45, 7) is 8.19. The van der Waals surface area contributed by atoms with Crippen LogP contribution < -0.4 is 11.0 Å². The van der Waals surface area contributed by atoms with Gasteiger partial charge in [0.25, 0.3) is 0 Å². The summed E-state index contributed by atoms with van der Waals surface area (Å²) in [4.78, 5) is 17.3. The van der Waals surface area contributed by atoms with E-state index < -0.39 is 7.06 Å². The number of hydrogen-bond donors (Lipinski definition) is 0. The summed E-state index contributed by atoms with van der Waals surface area (Å²) in [5.41, 5.74) is 3.35. The number of fused-ring (bicyclic) bond motifs is 1. The van der Waals surface area contributed by atoms with Gasteiger partial charge in [0.05, 0.1) is 0 Å². The Balaban J connectivity index is 1.95. The van der Waals surface area contributed by atoms with E-state index in [1.54, 1.807) is 22.4 Å². The van der Waals surface area contributed by atoms with Crippen molar-refractivity contribution in [2.24, 2.45) is 7.05 Å². The van der Waals surface area contributed by atoms with Gasteiger partial charge in [-0.25, -0.2) is 0 Å². The van der Waals surface area contributed by atoms with Crippen molar-refractivity contribution in [2.75, 3.05) is 13.3 Å². The van der Waals surface area contributed by atoms with Crippen LogP contribution in [0, 0.1) is 0 Å². The van der Waals surface area contributed by atoms with Crippen molar-refractivity contribution in [3.8, 4) is 5.69 Å². The van der Waals surface area contributed by atoms with Gasteiger partial charge in [0.2, 0.25) is 0 Å². The first-order valence-electron chi connectivity index (χ1n) is 8.28. The number of hydrogen-bond acceptors (Lipinski definition) is 4. The minimum atomic E-state index is -2.67. The monoisotopic (exact) mass is 359 g/mol. The van der Waals surface area contributed by atoms with E-state index in [9.17, 15) is 4.79 Å². The van der Waals surface area contributed by atoms with Gasteiger partial charge in [0, 0.05) is 0 Å². The second kappa shape index (κ2) is 5.01. The molecule has 0 spiro atoms. The van der Waals surface area contributed by atoms with Crippen LogP contribution in [-0.4, -0.2) is 27.4 Å². The van der Waals surface area contributed by atoms with Gasteiger partial charge in [-0.15, -0.1) is 0 Å². The number of nitrogens with zero attached hydrogens (tertiary/aromatic N) is 3. The number of aromatic nitrogens is 3. The molecular formula is C18H22N3O3P. The molecule has 25 heavy (non-hydrogen) atoms. The van der Waals surface area contributed by atoms with Crippen molar-refractivity contribution >= 4 is 23.4 Å². The molecule has 2 aromatic heterocycles. The molecule has 0 N–H and O–H groups in total. The fourth-order valence-corrected chi connectivity index (χ4v) is 4.83. The Hall–Kier alpha value is -2.01. The predicted molar refractivity (Wildman–Crippen MR) is 101 cm³/mol. The normalized spacial score (nSPS) is 19.7. The summed E-state index contributed by atoms with van der Waals surface area (Å²) in [7, 11) is -0.890. The topological polar surface area (TPSA) is 64.9 Å². The molecule has 3 aromatic rings. The molecule has 0 unspecified atom stereocenters. The first-order chi connectivity index (χ1) is 11.7. The van der Waals surface area contributed by atoms with Gasteiger partial charge in [-0.05, 0) is 0 Å². The molecule has 0 aliphatic carbocycles. The van der Waals surface area contributed by atoms with E-state index in [2.05, 4.69) is 18.8 Å². The molecule has 0 atom stereocenters. The third-order valence-electron chi connectivity index (χ3n) is 4.83. The molecule has 3 heterocycles. The Morgan fingerprint density at radius 2 is 1.80 bits per heavy atom. The van der Waals surface area contributed by atoms with Crippen molar-refractivity contribution in [3.63, 3.8) is 0 Å². The summed E-state index contributed by atoms with van der Waals surface area (Å²) >= 11 is 0. The molecule has 4 rings (SSSR count). The van der Waals surface area contributed by atoms with Gasteiger partial charge in [-0.2, -0.15) is 0 Å². The van der Waals surface area contributed by atoms with Crippen LogP contribution in [0.5, 0.6) is 0 Å². The number of benzene rings is 1. The molecule has 0 bridgehead atoms. The second-order valence-corrected chi connectivity index (χ2v) is 12.1. The first-order valence-corrected chi connectivity index (χ1v) is 11.2. The Morgan fingerprint density at radius 3 is 2.36 bits per heavy atom. The van der Waals surface area contributed by atoms with Gasteiger partial charge in [-0.3, -0.25) is 0 Å². The fourth-order valence-electron chi connectivity index (χ4n) is 3.01. The van der Waals surface area contributed by atoms with E-state index in [1.165, 1.54) is 0 Å². The molecule has 132 valence electrons. The number of aryl methyl sites for hydroxylation is 1. The average molecular weight is 359 g/mol. The Bertz CT molecular complexity index is 1040. The van der Waals surface area contributed by atoms with Crippen LogP contribution in [0.1, 0.15) is 25.5 Å². The maximum atomic E-state index is 12.8. The number of rotatable bonds is 3. The zero-order valence-corrected chi connectivity index (χ0v) is 15.9. The molecule has 1 aromatic carbocycles. The van der Waals surface area contributed by atoms with Crippen molar-refractivity contribution in [3.05, 3.63) is 52.7 Å². The van der Waals surface area contributed by atoms with Crippen LogP contribution in [0.2, 0.25) is 0 Å². The van der Waals surface area contributed by atoms with Crippen molar-refractivity contribution in [1.29, 1.82) is 0 Å². The molecule has 1 saturated heterocycles. The van der Waals surface area contributed by atoms with Crippen LogP contribution in [0.4, 0.5) is 0 Å². The maximum absolute atomic E-state index is 12.8. The van der Waals surface area contributed by atoms with Crippen LogP contribution in [-0.2, 0) is 16.4 Å². The molecule has 1 aliphatic heterocycles. The van der Waals surface area contributed by atoms with Gasteiger partial charge in [0.15, 0.2) is 0 Å². The molecule has 7 heteroatoms. The molecule has 1 fully saturated rings. The van der Waals surface area contributed by atoms with Crippen molar-refractivity contribution in [2.45, 2.75) is 19.8 Å². The van der Waals surface area contributed by atoms with Crippen LogP contribution in [0.15, 0.2) is 41.3 Å². The van der Waals surface area contributed by atoms with Crippen LogP contribution >= 0.6 is 7.06 Å². The molecule has 6 nitrogen and oxygen atoms in total. The number of imidazole rings is 1. The fraction of sp³-hybridized carbons (Fsp3) is 0.333. The summed E-state index contributed by atoms with van der Waals surface area (Å²) in [5, 5.41) is 0.990. The van der Waals surface area contributed by atoms with Gasteiger partial charge < -0.3 is 0 Å².